The lowest BCUT2D eigenvalue weighted by Crippen LogP contribution is -2.53. The third-order valence-corrected chi connectivity index (χ3v) is 5.79. The molecule has 5 rings (SSSR count). The third-order valence-electron chi connectivity index (χ3n) is 5.79. The number of rotatable bonds is 6. The molecule has 1 N–H and O–H groups in total. The highest BCUT2D eigenvalue weighted by Crippen LogP contribution is 2.21. The van der Waals surface area contributed by atoms with E-state index >= 15 is 0 Å². The molecule has 0 aromatic carbocycles. The Kier molecular flexibility index (Phi) is 6.20. The van der Waals surface area contributed by atoms with Crippen LogP contribution in [0.15, 0.2) is 67.5 Å². The number of hydrogen-bond acceptors (Lipinski definition) is 9. The molecule has 178 valence electrons. The van der Waals surface area contributed by atoms with E-state index in [0.29, 0.717) is 28.8 Å². The summed E-state index contributed by atoms with van der Waals surface area (Å²) in [7, 11) is 1.57. The molecule has 0 spiro atoms. The molecular weight excluding hydrogens is 446 g/mol. The maximum absolute atomic E-state index is 12.7. The van der Waals surface area contributed by atoms with Crippen LogP contribution in [0.1, 0.15) is 17.3 Å². The van der Waals surface area contributed by atoms with E-state index in [4.69, 9.17) is 4.74 Å². The number of ether oxygens (including phenoxy) is 1. The minimum absolute atomic E-state index is 0.213. The molecule has 35 heavy (non-hydrogen) atoms. The normalized spacial score (nSPS) is 15.7. The topological polar surface area (TPSA) is 114 Å². The number of pyridine rings is 2. The van der Waals surface area contributed by atoms with Crippen LogP contribution < -0.4 is 19.9 Å². The number of nitrogens with zero attached hydrogens (tertiary/aromatic N) is 8. The van der Waals surface area contributed by atoms with Crippen LogP contribution in [-0.2, 0) is 0 Å². The fraction of sp³-hybridized carbons (Fsp3) is 0.250. The molecule has 0 bridgehead atoms. The van der Waals surface area contributed by atoms with Crippen LogP contribution in [-0.4, -0.2) is 68.4 Å². The summed E-state index contributed by atoms with van der Waals surface area (Å²) in [6.45, 7) is 4.58. The average molecular weight is 472 g/mol. The number of carbonyl (C=O) groups excluding carboxylic acids is 1. The van der Waals surface area contributed by atoms with Gasteiger partial charge in [-0.1, -0.05) is 6.07 Å². The van der Waals surface area contributed by atoms with Gasteiger partial charge in [0.1, 0.15) is 5.82 Å². The van der Waals surface area contributed by atoms with Gasteiger partial charge in [-0.3, -0.25) is 4.79 Å². The van der Waals surface area contributed by atoms with Gasteiger partial charge in [0.15, 0.2) is 11.6 Å². The van der Waals surface area contributed by atoms with Crippen molar-refractivity contribution in [1.82, 2.24) is 29.7 Å². The first-order valence-corrected chi connectivity index (χ1v) is 11.2. The van der Waals surface area contributed by atoms with E-state index in [1.165, 1.54) is 6.20 Å². The highest BCUT2D eigenvalue weighted by molar-refractivity contribution is 6.03. The molecule has 5 heterocycles. The Morgan fingerprint density at radius 3 is 2.51 bits per heavy atom. The van der Waals surface area contributed by atoms with Crippen LogP contribution in [0.25, 0.3) is 5.82 Å². The van der Waals surface area contributed by atoms with E-state index in [9.17, 15) is 4.79 Å². The van der Waals surface area contributed by atoms with Crippen molar-refractivity contribution >= 4 is 23.4 Å². The summed E-state index contributed by atoms with van der Waals surface area (Å²) < 4.78 is 6.70. The van der Waals surface area contributed by atoms with Crippen molar-refractivity contribution in [2.75, 3.05) is 41.9 Å². The molecule has 4 aromatic rings. The Hall–Kier alpha value is -4.54. The number of anilines is 3. The number of nitrogens with one attached hydrogen (secondary N) is 1. The van der Waals surface area contributed by atoms with Gasteiger partial charge in [0.2, 0.25) is 5.95 Å². The fourth-order valence-corrected chi connectivity index (χ4v) is 3.93. The molecule has 1 saturated heterocycles. The van der Waals surface area contributed by atoms with Crippen molar-refractivity contribution in [2.45, 2.75) is 13.0 Å². The number of methoxy groups -OCH3 is 1. The van der Waals surface area contributed by atoms with E-state index in [1.54, 1.807) is 48.7 Å². The van der Waals surface area contributed by atoms with Crippen LogP contribution in [0.3, 0.4) is 0 Å². The van der Waals surface area contributed by atoms with Gasteiger partial charge in [-0.2, -0.15) is 5.10 Å². The Balaban J connectivity index is 1.19. The predicted octanol–water partition coefficient (Wildman–Crippen LogP) is 2.43. The Bertz CT molecular complexity index is 1280. The maximum Gasteiger partial charge on any atom is 0.257 e. The van der Waals surface area contributed by atoms with Gasteiger partial charge in [0.05, 0.1) is 43.1 Å². The van der Waals surface area contributed by atoms with Crippen LogP contribution in [0.5, 0.6) is 5.75 Å². The quantitative estimate of drug-likeness (QED) is 0.453. The summed E-state index contributed by atoms with van der Waals surface area (Å²) in [5, 5.41) is 6.99. The smallest absolute Gasteiger partial charge is 0.257 e. The SMILES string of the molecule is COc1cnn(-c2ccc(C(=O)Nc3cnc(N4CCN(c5ccccn5)C[C@@H]4C)nc3)cn2)c1. The molecule has 1 fully saturated rings. The average Bonchev–Trinajstić information content (AvgIpc) is 3.39. The van der Waals surface area contributed by atoms with Crippen molar-refractivity contribution in [2.24, 2.45) is 0 Å². The molecule has 0 aliphatic carbocycles. The lowest BCUT2D eigenvalue weighted by Gasteiger charge is -2.40. The second kappa shape index (κ2) is 9.75. The zero-order valence-corrected chi connectivity index (χ0v) is 19.4. The van der Waals surface area contributed by atoms with Crippen LogP contribution in [0.4, 0.5) is 17.5 Å². The molecule has 1 aliphatic heterocycles. The summed E-state index contributed by atoms with van der Waals surface area (Å²) in [6.07, 6.45) is 9.85. The number of piperazine rings is 1. The second-order valence-electron chi connectivity index (χ2n) is 8.13. The number of amides is 1. The molecule has 1 aliphatic rings. The largest absolute Gasteiger partial charge is 0.493 e. The minimum Gasteiger partial charge on any atom is -0.493 e. The maximum atomic E-state index is 12.7. The molecule has 1 atom stereocenters. The molecule has 0 radical (unpaired) electrons. The zero-order chi connectivity index (χ0) is 24.2. The van der Waals surface area contributed by atoms with E-state index in [1.807, 2.05) is 24.4 Å². The van der Waals surface area contributed by atoms with E-state index in [0.717, 1.165) is 25.5 Å². The monoisotopic (exact) mass is 471 g/mol. The predicted molar refractivity (Wildman–Crippen MR) is 131 cm³/mol. The van der Waals surface area contributed by atoms with Gasteiger partial charge in [-0.25, -0.2) is 24.6 Å². The first kappa shape index (κ1) is 22.3. The van der Waals surface area contributed by atoms with Gasteiger partial charge in [0.25, 0.3) is 5.91 Å². The van der Waals surface area contributed by atoms with Crippen molar-refractivity contribution < 1.29 is 9.53 Å². The van der Waals surface area contributed by atoms with Crippen molar-refractivity contribution in [3.05, 3.63) is 73.1 Å². The Morgan fingerprint density at radius 2 is 1.86 bits per heavy atom. The van der Waals surface area contributed by atoms with Crippen molar-refractivity contribution in [3.8, 4) is 11.6 Å². The lowest BCUT2D eigenvalue weighted by atomic mass is 10.2. The lowest BCUT2D eigenvalue weighted by molar-refractivity contribution is 0.102. The number of aromatic nitrogens is 6. The third kappa shape index (κ3) is 4.88. The van der Waals surface area contributed by atoms with Gasteiger partial charge in [0, 0.05) is 38.1 Å². The Morgan fingerprint density at radius 1 is 1.00 bits per heavy atom. The van der Waals surface area contributed by atoms with Gasteiger partial charge in [-0.15, -0.1) is 0 Å². The standard InChI is InChI=1S/C24H25N9O2/c1-17-15-31(21-5-3-4-8-25-21)9-10-32(17)24-27-12-19(13-28-24)30-23(34)18-6-7-22(26-11-18)33-16-20(35-2)14-29-33/h3-8,11-14,16-17H,9-10,15H2,1-2H3,(H,30,34)/t17-/m0/s1. The van der Waals surface area contributed by atoms with Gasteiger partial charge < -0.3 is 19.9 Å². The molecule has 4 aromatic heterocycles. The number of carbonyl (C=O) groups is 1. The first-order valence-electron chi connectivity index (χ1n) is 11.2. The molecule has 0 unspecified atom stereocenters. The highest BCUT2D eigenvalue weighted by Gasteiger charge is 2.26. The van der Waals surface area contributed by atoms with Gasteiger partial charge in [-0.05, 0) is 31.2 Å². The summed E-state index contributed by atoms with van der Waals surface area (Å²) >= 11 is 0. The van der Waals surface area contributed by atoms with E-state index in [-0.39, 0.29) is 11.9 Å². The summed E-state index contributed by atoms with van der Waals surface area (Å²) in [4.78, 5) is 34.8. The second-order valence-corrected chi connectivity index (χ2v) is 8.13. The molecular formula is C24H25N9O2. The van der Waals surface area contributed by atoms with Crippen LogP contribution in [0.2, 0.25) is 0 Å². The van der Waals surface area contributed by atoms with Crippen LogP contribution >= 0.6 is 0 Å². The molecule has 11 nitrogen and oxygen atoms in total. The molecule has 11 heteroatoms. The van der Waals surface area contributed by atoms with Crippen LogP contribution in [0, 0.1) is 0 Å². The highest BCUT2D eigenvalue weighted by atomic mass is 16.5. The fourth-order valence-electron chi connectivity index (χ4n) is 3.93. The molecule has 1 amide bonds. The molecule has 0 saturated carbocycles. The first-order chi connectivity index (χ1) is 17.1. The zero-order valence-electron chi connectivity index (χ0n) is 19.4. The van der Waals surface area contributed by atoms with E-state index < -0.39 is 0 Å². The van der Waals surface area contributed by atoms with E-state index in [2.05, 4.69) is 47.1 Å². The Labute approximate surface area is 202 Å². The van der Waals surface area contributed by atoms with Crippen molar-refractivity contribution in [1.29, 1.82) is 0 Å². The van der Waals surface area contributed by atoms with Gasteiger partial charge >= 0.3 is 0 Å². The number of hydrogen-bond donors (Lipinski definition) is 1. The van der Waals surface area contributed by atoms with Crippen molar-refractivity contribution in [3.63, 3.8) is 0 Å². The minimum atomic E-state index is -0.296. The summed E-state index contributed by atoms with van der Waals surface area (Å²) in [6, 6.07) is 9.55. The summed E-state index contributed by atoms with van der Waals surface area (Å²) in [5.41, 5.74) is 0.927. The summed E-state index contributed by atoms with van der Waals surface area (Å²) in [5.74, 6) is 2.52.